The maximum absolute atomic E-state index is 12.6. The van der Waals surface area contributed by atoms with Gasteiger partial charge in [-0.2, -0.15) is 0 Å². The van der Waals surface area contributed by atoms with Crippen LogP contribution in [-0.2, 0) is 0 Å². The molecule has 0 spiro atoms. The smallest absolute Gasteiger partial charge is 0.255 e. The Morgan fingerprint density at radius 2 is 1.74 bits per heavy atom. The molecule has 0 aliphatic carbocycles. The third kappa shape index (κ3) is 2.51. The molecule has 1 aliphatic heterocycles. The summed E-state index contributed by atoms with van der Waals surface area (Å²) in [5, 5.41) is 0. The monoisotopic (exact) mass is 269 g/mol. The molecule has 19 heavy (non-hydrogen) atoms. The summed E-state index contributed by atoms with van der Waals surface area (Å²) in [4.78, 5) is 14.5. The van der Waals surface area contributed by atoms with E-state index in [-0.39, 0.29) is 5.91 Å². The van der Waals surface area contributed by atoms with Gasteiger partial charge in [-0.25, -0.2) is 0 Å². The Labute approximate surface area is 117 Å². The van der Waals surface area contributed by atoms with E-state index in [1.54, 1.807) is 0 Å². The molecule has 1 heterocycles. The van der Waals surface area contributed by atoms with Crippen molar-refractivity contribution in [3.8, 4) is 11.1 Å². The fourth-order valence-corrected chi connectivity index (χ4v) is 3.23. The molecule has 3 rings (SSSR count). The number of benzene rings is 2. The molecule has 0 N–H and O–H groups in total. The summed E-state index contributed by atoms with van der Waals surface area (Å²) in [6, 6.07) is 17.9. The first kappa shape index (κ1) is 12.3. The summed E-state index contributed by atoms with van der Waals surface area (Å²) in [6.45, 7) is 0.854. The molecule has 0 radical (unpaired) electrons. The molecule has 2 aromatic rings. The van der Waals surface area contributed by atoms with Gasteiger partial charge in [-0.1, -0.05) is 48.5 Å². The SMILES string of the molecule is O=C(c1ccccc1-c1ccccc1)N1CCSC1. The van der Waals surface area contributed by atoms with Gasteiger partial charge in [0.15, 0.2) is 0 Å². The average molecular weight is 269 g/mol. The molecule has 1 fully saturated rings. The van der Waals surface area contributed by atoms with E-state index in [4.69, 9.17) is 0 Å². The molecular weight excluding hydrogens is 254 g/mol. The van der Waals surface area contributed by atoms with Crippen molar-refractivity contribution in [3.63, 3.8) is 0 Å². The fraction of sp³-hybridized carbons (Fsp3) is 0.188. The summed E-state index contributed by atoms with van der Waals surface area (Å²) in [6.07, 6.45) is 0. The Bertz CT molecular complexity index is 576. The summed E-state index contributed by atoms with van der Waals surface area (Å²) in [5.74, 6) is 1.99. The van der Waals surface area contributed by atoms with Crippen molar-refractivity contribution >= 4 is 17.7 Å². The van der Waals surface area contributed by atoms with E-state index in [0.29, 0.717) is 0 Å². The quantitative estimate of drug-likeness (QED) is 0.831. The van der Waals surface area contributed by atoms with Gasteiger partial charge in [0, 0.05) is 17.9 Å². The highest BCUT2D eigenvalue weighted by Crippen LogP contribution is 2.26. The topological polar surface area (TPSA) is 20.3 Å². The maximum atomic E-state index is 12.6. The van der Waals surface area contributed by atoms with Crippen LogP contribution in [0.2, 0.25) is 0 Å². The summed E-state index contributed by atoms with van der Waals surface area (Å²) in [7, 11) is 0. The fourth-order valence-electron chi connectivity index (χ4n) is 2.28. The molecule has 3 heteroatoms. The number of nitrogens with zero attached hydrogens (tertiary/aromatic N) is 1. The summed E-state index contributed by atoms with van der Waals surface area (Å²) in [5.41, 5.74) is 2.92. The lowest BCUT2D eigenvalue weighted by Gasteiger charge is -2.17. The molecule has 0 unspecified atom stereocenters. The zero-order chi connectivity index (χ0) is 13.1. The highest BCUT2D eigenvalue weighted by atomic mass is 32.2. The molecule has 1 saturated heterocycles. The van der Waals surface area contributed by atoms with Gasteiger partial charge in [-0.05, 0) is 17.2 Å². The van der Waals surface area contributed by atoms with E-state index in [0.717, 1.165) is 34.9 Å². The van der Waals surface area contributed by atoms with Crippen LogP contribution >= 0.6 is 11.8 Å². The largest absolute Gasteiger partial charge is 0.329 e. The van der Waals surface area contributed by atoms with Crippen LogP contribution in [0.15, 0.2) is 54.6 Å². The Hall–Kier alpha value is -1.74. The van der Waals surface area contributed by atoms with Crippen molar-refractivity contribution in [1.29, 1.82) is 0 Å². The molecule has 1 aliphatic rings. The molecule has 0 atom stereocenters. The van der Waals surface area contributed by atoms with Crippen LogP contribution in [0, 0.1) is 0 Å². The Morgan fingerprint density at radius 1 is 1.00 bits per heavy atom. The van der Waals surface area contributed by atoms with E-state index >= 15 is 0 Å². The highest BCUT2D eigenvalue weighted by molar-refractivity contribution is 7.99. The van der Waals surface area contributed by atoms with Gasteiger partial charge in [-0.3, -0.25) is 4.79 Å². The number of thioether (sulfide) groups is 1. The summed E-state index contributed by atoms with van der Waals surface area (Å²) >= 11 is 1.81. The third-order valence-corrected chi connectivity index (χ3v) is 4.25. The molecule has 2 nitrogen and oxygen atoms in total. The molecular formula is C16H15NOS. The Morgan fingerprint density at radius 3 is 2.47 bits per heavy atom. The molecule has 0 bridgehead atoms. The second-order valence-electron chi connectivity index (χ2n) is 4.52. The molecule has 2 aromatic carbocycles. The van der Waals surface area contributed by atoms with E-state index in [1.165, 1.54) is 0 Å². The number of hydrogen-bond donors (Lipinski definition) is 0. The van der Waals surface area contributed by atoms with Gasteiger partial charge in [0.1, 0.15) is 0 Å². The van der Waals surface area contributed by atoms with Crippen molar-refractivity contribution in [3.05, 3.63) is 60.2 Å². The maximum Gasteiger partial charge on any atom is 0.255 e. The number of amides is 1. The van der Waals surface area contributed by atoms with Gasteiger partial charge in [0.05, 0.1) is 5.88 Å². The average Bonchev–Trinajstić information content (AvgIpc) is 3.02. The van der Waals surface area contributed by atoms with Crippen LogP contribution in [0.4, 0.5) is 0 Å². The van der Waals surface area contributed by atoms with Crippen molar-refractivity contribution < 1.29 is 4.79 Å². The normalized spacial score (nSPS) is 14.6. The highest BCUT2D eigenvalue weighted by Gasteiger charge is 2.22. The lowest BCUT2D eigenvalue weighted by Crippen LogP contribution is -2.28. The second kappa shape index (κ2) is 5.49. The van der Waals surface area contributed by atoms with E-state index < -0.39 is 0 Å². The third-order valence-electron chi connectivity index (χ3n) is 3.28. The minimum atomic E-state index is 0.143. The Balaban J connectivity index is 2.00. The van der Waals surface area contributed by atoms with Crippen LogP contribution in [0.3, 0.4) is 0 Å². The van der Waals surface area contributed by atoms with Crippen molar-refractivity contribution in [2.45, 2.75) is 0 Å². The second-order valence-corrected chi connectivity index (χ2v) is 5.59. The van der Waals surface area contributed by atoms with Crippen LogP contribution in [0.5, 0.6) is 0 Å². The molecule has 96 valence electrons. The number of rotatable bonds is 2. The van der Waals surface area contributed by atoms with E-state index in [2.05, 4.69) is 0 Å². The predicted octanol–water partition coefficient (Wildman–Crippen LogP) is 3.50. The molecule has 0 aromatic heterocycles. The molecule has 0 saturated carbocycles. The zero-order valence-electron chi connectivity index (χ0n) is 10.6. The van der Waals surface area contributed by atoms with Crippen LogP contribution < -0.4 is 0 Å². The van der Waals surface area contributed by atoms with Crippen molar-refractivity contribution in [2.75, 3.05) is 18.2 Å². The van der Waals surface area contributed by atoms with Gasteiger partial charge in [0.25, 0.3) is 5.91 Å². The van der Waals surface area contributed by atoms with Crippen molar-refractivity contribution in [1.82, 2.24) is 4.90 Å². The predicted molar refractivity (Wildman–Crippen MR) is 80.2 cm³/mol. The van der Waals surface area contributed by atoms with Crippen LogP contribution in [0.1, 0.15) is 10.4 Å². The van der Waals surface area contributed by atoms with Gasteiger partial charge < -0.3 is 4.90 Å². The first-order valence-corrected chi connectivity index (χ1v) is 7.53. The first-order chi connectivity index (χ1) is 9.36. The minimum Gasteiger partial charge on any atom is -0.329 e. The first-order valence-electron chi connectivity index (χ1n) is 6.38. The summed E-state index contributed by atoms with van der Waals surface area (Å²) < 4.78 is 0. The van der Waals surface area contributed by atoms with Gasteiger partial charge in [0.2, 0.25) is 0 Å². The van der Waals surface area contributed by atoms with E-state index in [9.17, 15) is 4.79 Å². The van der Waals surface area contributed by atoms with Gasteiger partial charge in [-0.15, -0.1) is 11.8 Å². The standard InChI is InChI=1S/C16H15NOS/c18-16(17-10-11-19-12-17)15-9-5-4-8-14(15)13-6-2-1-3-7-13/h1-9H,10-12H2. The number of carbonyl (C=O) groups excluding carboxylic acids is 1. The van der Waals surface area contributed by atoms with Crippen molar-refractivity contribution in [2.24, 2.45) is 0 Å². The molecule has 1 amide bonds. The Kier molecular flexibility index (Phi) is 3.56. The van der Waals surface area contributed by atoms with E-state index in [1.807, 2.05) is 71.3 Å². The minimum absolute atomic E-state index is 0.143. The number of carbonyl (C=O) groups is 1. The lowest BCUT2D eigenvalue weighted by atomic mass is 9.99. The zero-order valence-corrected chi connectivity index (χ0v) is 11.4. The van der Waals surface area contributed by atoms with Gasteiger partial charge >= 0.3 is 0 Å². The number of hydrogen-bond acceptors (Lipinski definition) is 2. The van der Waals surface area contributed by atoms with Crippen LogP contribution in [0.25, 0.3) is 11.1 Å². The lowest BCUT2D eigenvalue weighted by molar-refractivity contribution is 0.0803. The van der Waals surface area contributed by atoms with Crippen LogP contribution in [-0.4, -0.2) is 29.0 Å².